The molecule has 1 N–H and O–H groups in total. The van der Waals surface area contributed by atoms with Crippen LogP contribution in [0.15, 0.2) is 12.1 Å². The summed E-state index contributed by atoms with van der Waals surface area (Å²) in [6.45, 7) is 2.37. The lowest BCUT2D eigenvalue weighted by Crippen LogP contribution is -2.16. The van der Waals surface area contributed by atoms with Gasteiger partial charge < -0.3 is 24.3 Å². The molecule has 20 heavy (non-hydrogen) atoms. The van der Waals surface area contributed by atoms with Crippen LogP contribution >= 0.6 is 12.4 Å². The third-order valence-electron chi connectivity index (χ3n) is 2.80. The minimum Gasteiger partial charge on any atom is -0.493 e. The van der Waals surface area contributed by atoms with Crippen LogP contribution in [0.4, 0.5) is 0 Å². The molecule has 1 rings (SSSR count). The van der Waals surface area contributed by atoms with Crippen LogP contribution < -0.4 is 19.5 Å². The largest absolute Gasteiger partial charge is 0.493 e. The fourth-order valence-corrected chi connectivity index (χ4v) is 1.87. The highest BCUT2D eigenvalue weighted by molar-refractivity contribution is 5.85. The van der Waals surface area contributed by atoms with Gasteiger partial charge in [0.05, 0.1) is 21.3 Å². The SMILES string of the molecule is COCCCNCc1ccc(OC)c(OC)c1OC.Cl. The zero-order chi connectivity index (χ0) is 14.1. The van der Waals surface area contributed by atoms with Gasteiger partial charge in [-0.3, -0.25) is 0 Å². The number of methoxy groups -OCH3 is 4. The van der Waals surface area contributed by atoms with Crippen molar-refractivity contribution in [2.24, 2.45) is 0 Å². The molecule has 0 unspecified atom stereocenters. The molecular formula is C14H24ClNO4. The van der Waals surface area contributed by atoms with Crippen molar-refractivity contribution >= 4 is 12.4 Å². The van der Waals surface area contributed by atoms with E-state index in [0.717, 1.165) is 25.1 Å². The van der Waals surface area contributed by atoms with Crippen LogP contribution in [0.25, 0.3) is 0 Å². The second-order valence-corrected chi connectivity index (χ2v) is 4.02. The molecule has 0 radical (unpaired) electrons. The van der Waals surface area contributed by atoms with Crippen molar-refractivity contribution in [1.82, 2.24) is 5.32 Å². The molecule has 5 nitrogen and oxygen atoms in total. The van der Waals surface area contributed by atoms with Gasteiger partial charge in [0.25, 0.3) is 0 Å². The van der Waals surface area contributed by atoms with E-state index in [1.165, 1.54) is 0 Å². The zero-order valence-corrected chi connectivity index (χ0v) is 13.3. The Kier molecular flexibility index (Phi) is 9.98. The van der Waals surface area contributed by atoms with Crippen LogP contribution in [0.2, 0.25) is 0 Å². The molecule has 0 heterocycles. The average molecular weight is 306 g/mol. The van der Waals surface area contributed by atoms with E-state index < -0.39 is 0 Å². The van der Waals surface area contributed by atoms with Gasteiger partial charge in [-0.25, -0.2) is 0 Å². The number of ether oxygens (including phenoxy) is 4. The van der Waals surface area contributed by atoms with Crippen molar-refractivity contribution in [3.8, 4) is 17.2 Å². The first-order chi connectivity index (χ1) is 9.28. The fraction of sp³-hybridized carbons (Fsp3) is 0.571. The summed E-state index contributed by atoms with van der Waals surface area (Å²) >= 11 is 0. The standard InChI is InChI=1S/C14H23NO4.ClH/c1-16-9-5-8-15-10-11-6-7-12(17-2)14(19-4)13(11)18-3;/h6-7,15H,5,8-10H2,1-4H3;1H. The number of halogens is 1. The Morgan fingerprint density at radius 1 is 0.950 bits per heavy atom. The number of benzene rings is 1. The molecular weight excluding hydrogens is 282 g/mol. The maximum absolute atomic E-state index is 5.42. The summed E-state index contributed by atoms with van der Waals surface area (Å²) in [6, 6.07) is 3.86. The van der Waals surface area contributed by atoms with Crippen molar-refractivity contribution in [3.63, 3.8) is 0 Å². The van der Waals surface area contributed by atoms with E-state index >= 15 is 0 Å². The highest BCUT2D eigenvalue weighted by Crippen LogP contribution is 2.39. The molecule has 0 spiro atoms. The van der Waals surface area contributed by atoms with Gasteiger partial charge in [0.2, 0.25) is 5.75 Å². The van der Waals surface area contributed by atoms with Gasteiger partial charge in [0, 0.05) is 25.8 Å². The van der Waals surface area contributed by atoms with Crippen LogP contribution in [-0.2, 0) is 11.3 Å². The van der Waals surface area contributed by atoms with E-state index in [9.17, 15) is 0 Å². The van der Waals surface area contributed by atoms with Crippen LogP contribution in [0.1, 0.15) is 12.0 Å². The first-order valence-electron chi connectivity index (χ1n) is 6.26. The monoisotopic (exact) mass is 305 g/mol. The van der Waals surface area contributed by atoms with Crippen LogP contribution in [0.3, 0.4) is 0 Å². The molecule has 0 aromatic heterocycles. The Hall–Kier alpha value is -1.17. The van der Waals surface area contributed by atoms with Crippen molar-refractivity contribution < 1.29 is 18.9 Å². The van der Waals surface area contributed by atoms with E-state index in [4.69, 9.17) is 18.9 Å². The summed E-state index contributed by atoms with van der Waals surface area (Å²) in [5.41, 5.74) is 1.04. The lowest BCUT2D eigenvalue weighted by Gasteiger charge is -2.16. The molecule has 0 atom stereocenters. The highest BCUT2D eigenvalue weighted by Gasteiger charge is 2.15. The first-order valence-corrected chi connectivity index (χ1v) is 6.26. The molecule has 6 heteroatoms. The molecule has 0 saturated carbocycles. The summed E-state index contributed by atoms with van der Waals surface area (Å²) in [5, 5.41) is 3.34. The summed E-state index contributed by atoms with van der Waals surface area (Å²) in [4.78, 5) is 0. The topological polar surface area (TPSA) is 49.0 Å². The molecule has 0 aliphatic rings. The first kappa shape index (κ1) is 18.8. The maximum atomic E-state index is 5.42. The molecule has 1 aromatic rings. The Morgan fingerprint density at radius 3 is 2.20 bits per heavy atom. The van der Waals surface area contributed by atoms with Gasteiger partial charge in [-0.2, -0.15) is 0 Å². The van der Waals surface area contributed by atoms with Crippen molar-refractivity contribution in [2.45, 2.75) is 13.0 Å². The molecule has 0 aliphatic heterocycles. The molecule has 0 saturated heterocycles. The van der Waals surface area contributed by atoms with Gasteiger partial charge >= 0.3 is 0 Å². The summed E-state index contributed by atoms with van der Waals surface area (Å²) in [5.74, 6) is 2.00. The molecule has 0 fully saturated rings. The van der Waals surface area contributed by atoms with Crippen molar-refractivity contribution in [2.75, 3.05) is 41.6 Å². The number of hydrogen-bond donors (Lipinski definition) is 1. The molecule has 0 amide bonds. The molecule has 0 bridgehead atoms. The van der Waals surface area contributed by atoms with Gasteiger partial charge in [0.1, 0.15) is 0 Å². The number of hydrogen-bond acceptors (Lipinski definition) is 5. The van der Waals surface area contributed by atoms with E-state index in [0.29, 0.717) is 23.8 Å². The Labute approximate surface area is 127 Å². The third-order valence-corrected chi connectivity index (χ3v) is 2.80. The predicted molar refractivity (Wildman–Crippen MR) is 81.5 cm³/mol. The average Bonchev–Trinajstić information content (AvgIpc) is 2.45. The number of nitrogens with one attached hydrogen (secondary N) is 1. The highest BCUT2D eigenvalue weighted by atomic mass is 35.5. The van der Waals surface area contributed by atoms with Crippen molar-refractivity contribution in [1.29, 1.82) is 0 Å². The van der Waals surface area contributed by atoms with E-state index in [2.05, 4.69) is 5.32 Å². The Bertz CT molecular complexity index is 388. The predicted octanol–water partition coefficient (Wildman–Crippen LogP) is 2.26. The Morgan fingerprint density at radius 2 is 1.65 bits per heavy atom. The molecule has 116 valence electrons. The number of rotatable bonds is 9. The second kappa shape index (κ2) is 10.6. The van der Waals surface area contributed by atoms with Gasteiger partial charge in [-0.05, 0) is 19.0 Å². The zero-order valence-electron chi connectivity index (χ0n) is 12.5. The van der Waals surface area contributed by atoms with E-state index in [1.54, 1.807) is 28.4 Å². The second-order valence-electron chi connectivity index (χ2n) is 4.02. The van der Waals surface area contributed by atoms with E-state index in [1.807, 2.05) is 12.1 Å². The van der Waals surface area contributed by atoms with Crippen LogP contribution in [-0.4, -0.2) is 41.6 Å². The third kappa shape index (κ3) is 5.07. The van der Waals surface area contributed by atoms with Crippen LogP contribution in [0.5, 0.6) is 17.2 Å². The summed E-state index contributed by atoms with van der Waals surface area (Å²) in [7, 11) is 6.55. The molecule has 1 aromatic carbocycles. The lowest BCUT2D eigenvalue weighted by molar-refractivity contribution is 0.194. The molecule has 0 aliphatic carbocycles. The lowest BCUT2D eigenvalue weighted by atomic mass is 10.1. The summed E-state index contributed by atoms with van der Waals surface area (Å²) < 4.78 is 21.0. The van der Waals surface area contributed by atoms with Gasteiger partial charge in [-0.15, -0.1) is 12.4 Å². The van der Waals surface area contributed by atoms with E-state index in [-0.39, 0.29) is 12.4 Å². The smallest absolute Gasteiger partial charge is 0.203 e. The maximum Gasteiger partial charge on any atom is 0.203 e. The minimum atomic E-state index is 0. The van der Waals surface area contributed by atoms with Crippen molar-refractivity contribution in [3.05, 3.63) is 17.7 Å². The van der Waals surface area contributed by atoms with Crippen LogP contribution in [0, 0.1) is 0 Å². The quantitative estimate of drug-likeness (QED) is 0.709. The van der Waals surface area contributed by atoms with Gasteiger partial charge in [0.15, 0.2) is 11.5 Å². The van der Waals surface area contributed by atoms with Gasteiger partial charge in [-0.1, -0.05) is 6.07 Å². The normalized spacial score (nSPS) is 9.80. The minimum absolute atomic E-state index is 0. The summed E-state index contributed by atoms with van der Waals surface area (Å²) in [6.07, 6.45) is 0.978. The Balaban J connectivity index is 0.00000361. The fourth-order valence-electron chi connectivity index (χ4n) is 1.87.